The molecular formula is C14H14N2O. The van der Waals surface area contributed by atoms with Gasteiger partial charge in [0.25, 0.3) is 5.91 Å². The molecule has 1 aromatic rings. The van der Waals surface area contributed by atoms with Gasteiger partial charge < -0.3 is 5.32 Å². The highest BCUT2D eigenvalue weighted by Crippen LogP contribution is 2.29. The highest BCUT2D eigenvalue weighted by molar-refractivity contribution is 6.15. The van der Waals surface area contributed by atoms with E-state index in [4.69, 9.17) is 0 Å². The van der Waals surface area contributed by atoms with Crippen LogP contribution in [0, 0.1) is 5.92 Å². The van der Waals surface area contributed by atoms with E-state index in [0.717, 1.165) is 24.2 Å². The van der Waals surface area contributed by atoms with Gasteiger partial charge in [0, 0.05) is 5.92 Å². The molecule has 0 radical (unpaired) electrons. The van der Waals surface area contributed by atoms with Gasteiger partial charge in [-0.1, -0.05) is 36.8 Å². The summed E-state index contributed by atoms with van der Waals surface area (Å²) in [5.74, 6) is 1.26. The first kappa shape index (κ1) is 10.3. The molecule has 0 bridgehead atoms. The average Bonchev–Trinajstić information content (AvgIpc) is 2.59. The third kappa shape index (κ3) is 2.00. The maximum absolute atomic E-state index is 11.7. The Balaban J connectivity index is 1.85. The number of amidine groups is 1. The lowest BCUT2D eigenvalue weighted by molar-refractivity contribution is -0.115. The highest BCUT2D eigenvalue weighted by Gasteiger charge is 2.29. The number of carbonyl (C=O) groups is 1. The molecule has 0 atom stereocenters. The number of nitrogens with one attached hydrogen (secondary N) is 1. The lowest BCUT2D eigenvalue weighted by Crippen LogP contribution is -2.33. The lowest BCUT2D eigenvalue weighted by atomic mass is 9.84. The van der Waals surface area contributed by atoms with E-state index in [1.165, 1.54) is 6.42 Å². The van der Waals surface area contributed by atoms with Crippen LogP contribution in [0.3, 0.4) is 0 Å². The van der Waals surface area contributed by atoms with Crippen LogP contribution in [0.15, 0.2) is 41.0 Å². The minimum atomic E-state index is -0.0734. The fourth-order valence-electron chi connectivity index (χ4n) is 2.07. The van der Waals surface area contributed by atoms with Crippen molar-refractivity contribution < 1.29 is 4.79 Å². The molecule has 1 aliphatic heterocycles. The number of carbonyl (C=O) groups excluding carboxylic acids is 1. The van der Waals surface area contributed by atoms with E-state index in [-0.39, 0.29) is 5.91 Å². The molecule has 1 N–H and O–H groups in total. The molecule has 17 heavy (non-hydrogen) atoms. The molecule has 1 aromatic carbocycles. The Hall–Kier alpha value is -1.90. The fourth-order valence-corrected chi connectivity index (χ4v) is 2.07. The van der Waals surface area contributed by atoms with Gasteiger partial charge in [0.05, 0.1) is 0 Å². The zero-order valence-corrected chi connectivity index (χ0v) is 9.52. The maximum atomic E-state index is 11.7. The van der Waals surface area contributed by atoms with Crippen molar-refractivity contribution in [2.24, 2.45) is 10.9 Å². The molecule has 1 aliphatic carbocycles. The number of amides is 1. The second kappa shape index (κ2) is 4.17. The molecular weight excluding hydrogens is 212 g/mol. The van der Waals surface area contributed by atoms with Crippen molar-refractivity contribution in [1.29, 1.82) is 0 Å². The second-order valence-corrected chi connectivity index (χ2v) is 4.52. The van der Waals surface area contributed by atoms with Crippen LogP contribution < -0.4 is 5.32 Å². The second-order valence-electron chi connectivity index (χ2n) is 4.52. The number of hydrogen-bond acceptors (Lipinski definition) is 2. The van der Waals surface area contributed by atoms with E-state index in [1.54, 1.807) is 0 Å². The number of rotatable bonds is 2. The molecule has 86 valence electrons. The predicted octanol–water partition coefficient (Wildman–Crippen LogP) is 2.36. The van der Waals surface area contributed by atoms with Crippen molar-refractivity contribution in [3.05, 3.63) is 41.6 Å². The summed E-state index contributed by atoms with van der Waals surface area (Å²) in [7, 11) is 0. The molecule has 3 heteroatoms. The van der Waals surface area contributed by atoms with Crippen LogP contribution in [0.2, 0.25) is 0 Å². The quantitative estimate of drug-likeness (QED) is 0.773. The van der Waals surface area contributed by atoms with E-state index in [1.807, 2.05) is 36.4 Å². The van der Waals surface area contributed by atoms with E-state index < -0.39 is 0 Å². The number of hydrogen-bond donors (Lipinski definition) is 1. The van der Waals surface area contributed by atoms with Gasteiger partial charge in [-0.05, 0) is 24.5 Å². The van der Waals surface area contributed by atoms with E-state index in [9.17, 15) is 4.79 Å². The zero-order chi connectivity index (χ0) is 11.7. The van der Waals surface area contributed by atoms with E-state index >= 15 is 0 Å². The Morgan fingerprint density at radius 3 is 2.65 bits per heavy atom. The van der Waals surface area contributed by atoms with Crippen LogP contribution >= 0.6 is 0 Å². The summed E-state index contributed by atoms with van der Waals surface area (Å²) in [6.07, 6.45) is 5.38. The molecule has 0 saturated heterocycles. The first-order valence-electron chi connectivity index (χ1n) is 5.99. The van der Waals surface area contributed by atoms with Crippen LogP contribution in [0.4, 0.5) is 0 Å². The summed E-state index contributed by atoms with van der Waals surface area (Å²) in [6.45, 7) is 0. The molecule has 3 rings (SSSR count). The molecule has 0 spiro atoms. The molecule has 0 aromatic heterocycles. The summed E-state index contributed by atoms with van der Waals surface area (Å²) < 4.78 is 0. The van der Waals surface area contributed by atoms with Crippen molar-refractivity contribution in [3.63, 3.8) is 0 Å². The Morgan fingerprint density at radius 2 is 2.00 bits per heavy atom. The van der Waals surface area contributed by atoms with Gasteiger partial charge in [0.2, 0.25) is 0 Å². The number of aliphatic imine (C=N–C) groups is 1. The van der Waals surface area contributed by atoms with Gasteiger partial charge in [-0.15, -0.1) is 0 Å². The summed E-state index contributed by atoms with van der Waals surface area (Å²) >= 11 is 0. The van der Waals surface area contributed by atoms with E-state index in [0.29, 0.717) is 11.6 Å². The summed E-state index contributed by atoms with van der Waals surface area (Å²) in [5.41, 5.74) is 1.54. The topological polar surface area (TPSA) is 41.5 Å². The number of nitrogens with zero attached hydrogens (tertiary/aromatic N) is 1. The Morgan fingerprint density at radius 1 is 1.24 bits per heavy atom. The van der Waals surface area contributed by atoms with Crippen molar-refractivity contribution >= 4 is 17.8 Å². The monoisotopic (exact) mass is 226 g/mol. The van der Waals surface area contributed by atoms with Gasteiger partial charge in [0.15, 0.2) is 0 Å². The molecule has 1 saturated carbocycles. The maximum Gasteiger partial charge on any atom is 0.275 e. The average molecular weight is 226 g/mol. The Labute approximate surface area is 100 Å². The molecule has 1 fully saturated rings. The third-order valence-corrected chi connectivity index (χ3v) is 3.31. The first-order valence-corrected chi connectivity index (χ1v) is 5.99. The molecule has 3 nitrogen and oxygen atoms in total. The van der Waals surface area contributed by atoms with Crippen molar-refractivity contribution in [2.75, 3.05) is 0 Å². The van der Waals surface area contributed by atoms with Crippen LogP contribution in [-0.2, 0) is 4.79 Å². The highest BCUT2D eigenvalue weighted by atomic mass is 16.2. The largest absolute Gasteiger partial charge is 0.308 e. The van der Waals surface area contributed by atoms with E-state index in [2.05, 4.69) is 10.3 Å². The Bertz CT molecular complexity index is 498. The van der Waals surface area contributed by atoms with Gasteiger partial charge in [-0.3, -0.25) is 4.79 Å². The van der Waals surface area contributed by atoms with Gasteiger partial charge in [0.1, 0.15) is 11.5 Å². The van der Waals surface area contributed by atoms with Crippen LogP contribution in [0.5, 0.6) is 0 Å². The summed E-state index contributed by atoms with van der Waals surface area (Å²) in [6, 6.07) is 9.81. The predicted molar refractivity (Wildman–Crippen MR) is 67.3 cm³/mol. The minimum absolute atomic E-state index is 0.0734. The minimum Gasteiger partial charge on any atom is -0.308 e. The number of benzene rings is 1. The third-order valence-electron chi connectivity index (χ3n) is 3.31. The van der Waals surface area contributed by atoms with Crippen molar-refractivity contribution in [1.82, 2.24) is 5.32 Å². The molecule has 1 heterocycles. The molecule has 2 aliphatic rings. The smallest absolute Gasteiger partial charge is 0.275 e. The summed E-state index contributed by atoms with van der Waals surface area (Å²) in [4.78, 5) is 16.1. The van der Waals surface area contributed by atoms with Crippen LogP contribution in [-0.4, -0.2) is 11.7 Å². The van der Waals surface area contributed by atoms with Crippen molar-refractivity contribution in [3.8, 4) is 0 Å². The first-order chi connectivity index (χ1) is 8.33. The molecule has 1 amide bonds. The SMILES string of the molecule is O=C1NC(C2CCC2)=N/C1=C/c1ccccc1. The van der Waals surface area contributed by atoms with Crippen LogP contribution in [0.25, 0.3) is 6.08 Å². The van der Waals surface area contributed by atoms with Gasteiger partial charge in [-0.25, -0.2) is 4.99 Å². The summed E-state index contributed by atoms with van der Waals surface area (Å²) in [5, 5.41) is 2.87. The van der Waals surface area contributed by atoms with Gasteiger partial charge in [-0.2, -0.15) is 0 Å². The Kier molecular flexibility index (Phi) is 2.52. The standard InChI is InChI=1S/C14H14N2O/c17-14-12(9-10-5-2-1-3-6-10)15-13(16-14)11-7-4-8-11/h1-3,5-6,9,11H,4,7-8H2,(H,15,16,17)/b12-9+. The zero-order valence-electron chi connectivity index (χ0n) is 9.52. The normalized spacial score (nSPS) is 22.2. The molecule has 0 unspecified atom stereocenters. The van der Waals surface area contributed by atoms with Crippen molar-refractivity contribution in [2.45, 2.75) is 19.3 Å². The lowest BCUT2D eigenvalue weighted by Gasteiger charge is -2.24. The fraction of sp³-hybridized carbons (Fsp3) is 0.286. The van der Waals surface area contributed by atoms with Gasteiger partial charge >= 0.3 is 0 Å². The van der Waals surface area contributed by atoms with Crippen LogP contribution in [0.1, 0.15) is 24.8 Å².